The molecule has 166 valence electrons. The smallest absolute Gasteiger partial charge is 0.249 e. The molecule has 4 rings (SSSR count). The molecule has 1 amide bonds. The van der Waals surface area contributed by atoms with E-state index in [9.17, 15) is 4.79 Å². The largest absolute Gasteiger partial charge is 0.493 e. The molecule has 2 aromatic heterocycles. The molecule has 0 radical (unpaired) electrons. The minimum absolute atomic E-state index is 0.263. The molecule has 4 aromatic rings. The number of carbonyl (C=O) groups excluding carboxylic acids is 1. The number of rotatable bonds is 8. The zero-order valence-corrected chi connectivity index (χ0v) is 18.6. The van der Waals surface area contributed by atoms with Crippen molar-refractivity contribution in [1.82, 2.24) is 9.38 Å². The van der Waals surface area contributed by atoms with Crippen LogP contribution in [0.15, 0.2) is 85.6 Å². The molecule has 6 nitrogen and oxygen atoms in total. The summed E-state index contributed by atoms with van der Waals surface area (Å²) in [5.41, 5.74) is 4.32. The zero-order chi connectivity index (χ0) is 23.2. The van der Waals surface area contributed by atoms with Gasteiger partial charge in [0.1, 0.15) is 23.8 Å². The Morgan fingerprint density at radius 3 is 2.70 bits per heavy atom. The molecule has 0 saturated heterocycles. The molecule has 0 aliphatic carbocycles. The minimum atomic E-state index is -0.263. The van der Waals surface area contributed by atoms with Crippen LogP contribution in [-0.4, -0.2) is 29.0 Å². The van der Waals surface area contributed by atoms with Gasteiger partial charge in [-0.3, -0.25) is 9.20 Å². The number of aromatic nitrogens is 2. The van der Waals surface area contributed by atoms with E-state index >= 15 is 0 Å². The van der Waals surface area contributed by atoms with Crippen LogP contribution in [0.25, 0.3) is 23.0 Å². The number of amides is 1. The van der Waals surface area contributed by atoms with Gasteiger partial charge >= 0.3 is 0 Å². The van der Waals surface area contributed by atoms with Crippen molar-refractivity contribution < 1.29 is 14.3 Å². The summed E-state index contributed by atoms with van der Waals surface area (Å²) in [6, 6.07) is 19.2. The molecule has 0 bridgehead atoms. The van der Waals surface area contributed by atoms with Crippen LogP contribution in [0.3, 0.4) is 0 Å². The monoisotopic (exact) mass is 439 g/mol. The number of anilines is 1. The number of hydrogen-bond acceptors (Lipinski definition) is 4. The molecule has 1 N–H and O–H groups in total. The number of aryl methyl sites for hydroxylation is 1. The van der Waals surface area contributed by atoms with Gasteiger partial charge in [0.25, 0.3) is 0 Å². The van der Waals surface area contributed by atoms with Crippen LogP contribution in [0.4, 0.5) is 5.82 Å². The van der Waals surface area contributed by atoms with Crippen LogP contribution in [0, 0.1) is 6.92 Å². The molecule has 2 aromatic carbocycles. The van der Waals surface area contributed by atoms with E-state index in [1.165, 1.54) is 6.08 Å². The molecule has 0 fully saturated rings. The molecule has 6 heteroatoms. The molecule has 0 unspecified atom stereocenters. The highest BCUT2D eigenvalue weighted by molar-refractivity contribution is 6.03. The maximum absolute atomic E-state index is 12.8. The van der Waals surface area contributed by atoms with Gasteiger partial charge in [-0.2, -0.15) is 0 Å². The molecular formula is C27H25N3O3. The fraction of sp³-hybridized carbons (Fsp3) is 0.111. The number of methoxy groups -OCH3 is 1. The number of carbonyl (C=O) groups is 1. The van der Waals surface area contributed by atoms with Crippen LogP contribution < -0.4 is 14.8 Å². The van der Waals surface area contributed by atoms with E-state index in [-0.39, 0.29) is 5.91 Å². The average Bonchev–Trinajstić information content (AvgIpc) is 3.19. The lowest BCUT2D eigenvalue weighted by Crippen LogP contribution is -2.10. The van der Waals surface area contributed by atoms with E-state index in [1.807, 2.05) is 72.1 Å². The second-order valence-electron chi connectivity index (χ2n) is 7.44. The van der Waals surface area contributed by atoms with E-state index in [0.717, 1.165) is 22.3 Å². The van der Waals surface area contributed by atoms with Gasteiger partial charge in [0.05, 0.1) is 7.11 Å². The molecule has 0 spiro atoms. The number of benzene rings is 2. The van der Waals surface area contributed by atoms with Crippen LogP contribution in [-0.2, 0) is 4.79 Å². The van der Waals surface area contributed by atoms with Crippen molar-refractivity contribution in [1.29, 1.82) is 0 Å². The summed E-state index contributed by atoms with van der Waals surface area (Å²) >= 11 is 0. The Morgan fingerprint density at radius 1 is 1.12 bits per heavy atom. The van der Waals surface area contributed by atoms with Gasteiger partial charge in [-0.15, -0.1) is 0 Å². The van der Waals surface area contributed by atoms with Crippen molar-refractivity contribution in [3.63, 3.8) is 0 Å². The standard InChI is InChI=1S/C27H25N3O3/c1-4-16-33-22-12-10-20(18-23(22)32-3)11-13-25(31)29-27-26(21-8-6-5-7-9-21)28-24-17-19(2)14-15-30(24)27/h4-15,17-18H,1,16H2,2-3H3,(H,29,31)/b13-11+. The van der Waals surface area contributed by atoms with Gasteiger partial charge < -0.3 is 14.8 Å². The average molecular weight is 440 g/mol. The van der Waals surface area contributed by atoms with Crippen molar-refractivity contribution in [3.8, 4) is 22.8 Å². The fourth-order valence-electron chi connectivity index (χ4n) is 3.45. The van der Waals surface area contributed by atoms with Gasteiger partial charge in [0.2, 0.25) is 5.91 Å². The lowest BCUT2D eigenvalue weighted by molar-refractivity contribution is -0.111. The first kappa shape index (κ1) is 21.9. The van der Waals surface area contributed by atoms with Crippen molar-refractivity contribution >= 4 is 23.4 Å². The zero-order valence-electron chi connectivity index (χ0n) is 18.6. The fourth-order valence-corrected chi connectivity index (χ4v) is 3.45. The van der Waals surface area contributed by atoms with Crippen LogP contribution >= 0.6 is 0 Å². The maximum Gasteiger partial charge on any atom is 0.249 e. The van der Waals surface area contributed by atoms with E-state index < -0.39 is 0 Å². The van der Waals surface area contributed by atoms with Gasteiger partial charge in [-0.05, 0) is 48.4 Å². The van der Waals surface area contributed by atoms with E-state index in [2.05, 4.69) is 11.9 Å². The van der Waals surface area contributed by atoms with Gasteiger partial charge in [-0.25, -0.2) is 4.98 Å². The Kier molecular flexibility index (Phi) is 6.55. The molecule has 0 aliphatic heterocycles. The van der Waals surface area contributed by atoms with Crippen LogP contribution in [0.1, 0.15) is 11.1 Å². The topological polar surface area (TPSA) is 64.9 Å². The predicted octanol–water partition coefficient (Wildman–Crippen LogP) is 5.54. The quantitative estimate of drug-likeness (QED) is 0.289. The summed E-state index contributed by atoms with van der Waals surface area (Å²) in [6.45, 7) is 6.05. The third kappa shape index (κ3) is 4.96. The molecule has 0 saturated carbocycles. The number of hydrogen-bond donors (Lipinski definition) is 1. The third-order valence-corrected chi connectivity index (χ3v) is 5.04. The van der Waals surface area contributed by atoms with Crippen molar-refractivity contribution in [2.45, 2.75) is 6.92 Å². The normalized spacial score (nSPS) is 11.0. The highest BCUT2D eigenvalue weighted by Gasteiger charge is 2.15. The van der Waals surface area contributed by atoms with Crippen LogP contribution in [0.5, 0.6) is 11.5 Å². The lowest BCUT2D eigenvalue weighted by Gasteiger charge is -2.09. The Bertz CT molecular complexity index is 1320. The first-order chi connectivity index (χ1) is 16.1. The summed E-state index contributed by atoms with van der Waals surface area (Å²) in [6.07, 6.45) is 6.80. The minimum Gasteiger partial charge on any atom is -0.493 e. The number of imidazole rings is 1. The van der Waals surface area contributed by atoms with Gasteiger partial charge in [-0.1, -0.05) is 49.1 Å². The summed E-state index contributed by atoms with van der Waals surface area (Å²) in [4.78, 5) is 17.6. The van der Waals surface area contributed by atoms with Crippen molar-refractivity contribution in [2.75, 3.05) is 19.0 Å². The van der Waals surface area contributed by atoms with E-state index in [0.29, 0.717) is 29.6 Å². The van der Waals surface area contributed by atoms with Crippen LogP contribution in [0.2, 0.25) is 0 Å². The number of fused-ring (bicyclic) bond motifs is 1. The Morgan fingerprint density at radius 2 is 1.94 bits per heavy atom. The summed E-state index contributed by atoms with van der Waals surface area (Å²) < 4.78 is 12.9. The molecule has 33 heavy (non-hydrogen) atoms. The molecule has 0 aliphatic rings. The molecule has 0 atom stereocenters. The number of pyridine rings is 1. The SMILES string of the molecule is C=CCOc1ccc(/C=C/C(=O)Nc2c(-c3ccccc3)nc3cc(C)ccn23)cc1OC. The van der Waals surface area contributed by atoms with E-state index in [4.69, 9.17) is 14.5 Å². The summed E-state index contributed by atoms with van der Waals surface area (Å²) in [5, 5.41) is 3.00. The van der Waals surface area contributed by atoms with Crippen molar-refractivity contribution in [2.24, 2.45) is 0 Å². The highest BCUT2D eigenvalue weighted by atomic mass is 16.5. The van der Waals surface area contributed by atoms with Crippen molar-refractivity contribution in [3.05, 3.63) is 96.7 Å². The maximum atomic E-state index is 12.8. The Labute approximate surface area is 192 Å². The number of ether oxygens (including phenoxy) is 2. The second kappa shape index (κ2) is 9.87. The van der Waals surface area contributed by atoms with E-state index in [1.54, 1.807) is 25.3 Å². The molecule has 2 heterocycles. The Hall–Kier alpha value is -4.32. The summed E-state index contributed by atoms with van der Waals surface area (Å²) in [7, 11) is 1.58. The lowest BCUT2D eigenvalue weighted by atomic mass is 10.1. The third-order valence-electron chi connectivity index (χ3n) is 5.04. The highest BCUT2D eigenvalue weighted by Crippen LogP contribution is 2.30. The van der Waals surface area contributed by atoms with Gasteiger partial charge in [0, 0.05) is 17.8 Å². The number of nitrogens with zero attached hydrogens (tertiary/aromatic N) is 2. The summed E-state index contributed by atoms with van der Waals surface area (Å²) in [5.74, 6) is 1.56. The molecular weight excluding hydrogens is 414 g/mol. The number of nitrogens with one attached hydrogen (secondary N) is 1. The second-order valence-corrected chi connectivity index (χ2v) is 7.44. The first-order valence-electron chi connectivity index (χ1n) is 10.5. The predicted molar refractivity (Wildman–Crippen MR) is 132 cm³/mol. The first-order valence-corrected chi connectivity index (χ1v) is 10.5. The Balaban J connectivity index is 1.60. The van der Waals surface area contributed by atoms with Gasteiger partial charge in [0.15, 0.2) is 11.5 Å².